The lowest BCUT2D eigenvalue weighted by Gasteiger charge is -2.19. The summed E-state index contributed by atoms with van der Waals surface area (Å²) in [5.74, 6) is -0.984. The van der Waals surface area contributed by atoms with E-state index in [-0.39, 0.29) is 17.7 Å². The number of nitrogens with one attached hydrogen (secondary N) is 3. The normalized spacial score (nSPS) is 10.9. The zero-order valence-corrected chi connectivity index (χ0v) is 18.9. The second kappa shape index (κ2) is 11.1. The number of alkyl carbamates (subject to hydrolysis) is 1. The predicted molar refractivity (Wildman–Crippen MR) is 121 cm³/mol. The molecule has 0 bridgehead atoms. The first-order valence-corrected chi connectivity index (χ1v) is 10.4. The van der Waals surface area contributed by atoms with Crippen LogP contribution in [-0.4, -0.2) is 48.2 Å². The van der Waals surface area contributed by atoms with Gasteiger partial charge in [-0.15, -0.1) is 0 Å². The molecule has 0 fully saturated rings. The van der Waals surface area contributed by atoms with Gasteiger partial charge in [-0.3, -0.25) is 14.4 Å². The van der Waals surface area contributed by atoms with Crippen molar-refractivity contribution < 1.29 is 19.1 Å². The maximum atomic E-state index is 12.7. The summed E-state index contributed by atoms with van der Waals surface area (Å²) in [4.78, 5) is 49.2. The largest absolute Gasteiger partial charge is 0.444 e. The molecule has 3 amide bonds. The van der Waals surface area contributed by atoms with Crippen molar-refractivity contribution in [1.82, 2.24) is 20.5 Å². The Morgan fingerprint density at radius 3 is 2.28 bits per heavy atom. The van der Waals surface area contributed by atoms with Gasteiger partial charge in [-0.25, -0.2) is 4.79 Å². The minimum absolute atomic E-state index is 0.109. The highest BCUT2D eigenvalue weighted by Gasteiger charge is 2.17. The zero-order chi connectivity index (χ0) is 23.7. The van der Waals surface area contributed by atoms with E-state index >= 15 is 0 Å². The number of rotatable bonds is 8. The lowest BCUT2D eigenvalue weighted by atomic mass is 10.1. The van der Waals surface area contributed by atoms with E-state index in [0.717, 1.165) is 5.56 Å². The van der Waals surface area contributed by atoms with E-state index in [1.807, 2.05) is 30.3 Å². The molecule has 9 nitrogen and oxygen atoms in total. The average molecular weight is 443 g/mol. The van der Waals surface area contributed by atoms with Crippen LogP contribution < -0.4 is 21.5 Å². The van der Waals surface area contributed by atoms with Crippen molar-refractivity contribution in [3.8, 4) is 0 Å². The number of pyridine rings is 1. The Kier molecular flexibility index (Phi) is 8.57. The maximum Gasteiger partial charge on any atom is 0.407 e. The molecule has 0 spiro atoms. The summed E-state index contributed by atoms with van der Waals surface area (Å²) in [5, 5.41) is 7.78. The summed E-state index contributed by atoms with van der Waals surface area (Å²) >= 11 is 0. The number of nitrogens with zero attached hydrogens (tertiary/aromatic N) is 1. The number of carbonyl (C=O) groups excluding carboxylic acids is 3. The second-order valence-corrected chi connectivity index (χ2v) is 8.18. The van der Waals surface area contributed by atoms with Crippen LogP contribution in [0.1, 0.15) is 53.5 Å². The van der Waals surface area contributed by atoms with E-state index in [4.69, 9.17) is 4.74 Å². The molecule has 0 unspecified atom stereocenters. The second-order valence-electron chi connectivity index (χ2n) is 8.18. The van der Waals surface area contributed by atoms with E-state index in [2.05, 4.69) is 16.0 Å². The molecule has 172 valence electrons. The Balaban J connectivity index is 2.05. The molecule has 0 radical (unpaired) electrons. The molecule has 3 N–H and O–H groups in total. The third kappa shape index (κ3) is 7.57. The van der Waals surface area contributed by atoms with Crippen LogP contribution in [0.5, 0.6) is 0 Å². The smallest absolute Gasteiger partial charge is 0.407 e. The lowest BCUT2D eigenvalue weighted by molar-refractivity contribution is 0.0527. The van der Waals surface area contributed by atoms with Crippen LogP contribution in [0.2, 0.25) is 0 Å². The average Bonchev–Trinajstić information content (AvgIpc) is 2.73. The van der Waals surface area contributed by atoms with Crippen molar-refractivity contribution >= 4 is 17.9 Å². The van der Waals surface area contributed by atoms with Crippen LogP contribution in [0.15, 0.2) is 47.4 Å². The Morgan fingerprint density at radius 1 is 1.00 bits per heavy atom. The molecule has 0 atom stereocenters. The van der Waals surface area contributed by atoms with Gasteiger partial charge >= 0.3 is 6.09 Å². The quantitative estimate of drug-likeness (QED) is 0.540. The van der Waals surface area contributed by atoms with E-state index in [1.54, 1.807) is 20.8 Å². The lowest BCUT2D eigenvalue weighted by Crippen LogP contribution is -2.35. The summed E-state index contributed by atoms with van der Waals surface area (Å²) in [6, 6.07) is 10.6. The van der Waals surface area contributed by atoms with Crippen molar-refractivity contribution in [3.63, 3.8) is 0 Å². The Labute approximate surface area is 187 Å². The van der Waals surface area contributed by atoms with Crippen LogP contribution in [0, 0.1) is 0 Å². The monoisotopic (exact) mass is 442 g/mol. The van der Waals surface area contributed by atoms with Crippen LogP contribution in [0.25, 0.3) is 0 Å². The van der Waals surface area contributed by atoms with Gasteiger partial charge in [0.1, 0.15) is 11.2 Å². The van der Waals surface area contributed by atoms with E-state index in [9.17, 15) is 19.2 Å². The number of amides is 3. The summed E-state index contributed by atoms with van der Waals surface area (Å²) in [5.41, 5.74) is -0.111. The fraction of sp³-hybridized carbons (Fsp3) is 0.391. The van der Waals surface area contributed by atoms with Gasteiger partial charge in [0.15, 0.2) is 0 Å². The minimum atomic E-state index is -0.580. The van der Waals surface area contributed by atoms with E-state index < -0.39 is 29.1 Å². The summed E-state index contributed by atoms with van der Waals surface area (Å²) < 4.78 is 6.49. The molecule has 0 aliphatic rings. The molecule has 1 heterocycles. The summed E-state index contributed by atoms with van der Waals surface area (Å²) in [7, 11) is 1.42. The molecule has 2 aromatic rings. The Hall–Kier alpha value is -3.62. The van der Waals surface area contributed by atoms with Crippen molar-refractivity contribution in [2.45, 2.75) is 39.3 Å². The van der Waals surface area contributed by atoms with Gasteiger partial charge < -0.3 is 25.3 Å². The SMILES string of the molecule is CNC(=O)c1cc(C(=O)NCCCNC(=O)OC(C)(C)C)cn(Cc2ccccc2)c1=O. The Morgan fingerprint density at radius 2 is 1.66 bits per heavy atom. The number of carbonyl (C=O) groups is 3. The highest BCUT2D eigenvalue weighted by molar-refractivity contribution is 5.99. The van der Waals surface area contributed by atoms with Crippen LogP contribution >= 0.6 is 0 Å². The number of ether oxygens (including phenoxy) is 1. The topological polar surface area (TPSA) is 119 Å². The van der Waals surface area contributed by atoms with Gasteiger partial charge in [-0.1, -0.05) is 30.3 Å². The molecular weight excluding hydrogens is 412 g/mol. The highest BCUT2D eigenvalue weighted by Crippen LogP contribution is 2.07. The highest BCUT2D eigenvalue weighted by atomic mass is 16.6. The number of aromatic nitrogens is 1. The third-order valence-electron chi connectivity index (χ3n) is 4.32. The molecule has 0 aliphatic carbocycles. The van der Waals surface area contributed by atoms with Gasteiger partial charge in [0.2, 0.25) is 0 Å². The van der Waals surface area contributed by atoms with Crippen LogP contribution in [-0.2, 0) is 11.3 Å². The van der Waals surface area contributed by atoms with Crippen molar-refractivity contribution in [2.24, 2.45) is 0 Å². The third-order valence-corrected chi connectivity index (χ3v) is 4.32. The molecule has 0 saturated carbocycles. The van der Waals surface area contributed by atoms with Gasteiger partial charge in [0.25, 0.3) is 17.4 Å². The molecule has 1 aromatic carbocycles. The number of hydrogen-bond donors (Lipinski definition) is 3. The first-order valence-electron chi connectivity index (χ1n) is 10.4. The molecule has 0 saturated heterocycles. The number of benzene rings is 1. The Bertz CT molecular complexity index is 1010. The standard InChI is InChI=1S/C23H30N4O5/c1-23(2,3)32-22(31)26-12-8-11-25-19(28)17-13-18(20(29)24-4)21(30)27(15-17)14-16-9-6-5-7-10-16/h5-7,9-10,13,15H,8,11-12,14H2,1-4H3,(H,24,29)(H,25,28)(H,26,31). The summed E-state index contributed by atoms with van der Waals surface area (Å²) in [6.45, 7) is 6.17. The van der Waals surface area contributed by atoms with Gasteiger partial charge in [0.05, 0.1) is 12.1 Å². The zero-order valence-electron chi connectivity index (χ0n) is 18.9. The molecule has 9 heteroatoms. The van der Waals surface area contributed by atoms with E-state index in [1.165, 1.54) is 23.9 Å². The predicted octanol–water partition coefficient (Wildman–Crippen LogP) is 1.90. The van der Waals surface area contributed by atoms with Crippen molar-refractivity contribution in [1.29, 1.82) is 0 Å². The number of hydrogen-bond acceptors (Lipinski definition) is 5. The molecule has 32 heavy (non-hydrogen) atoms. The van der Waals surface area contributed by atoms with Gasteiger partial charge in [-0.05, 0) is 38.8 Å². The van der Waals surface area contributed by atoms with Crippen molar-refractivity contribution in [2.75, 3.05) is 20.1 Å². The van der Waals surface area contributed by atoms with Gasteiger partial charge in [-0.2, -0.15) is 0 Å². The molecular formula is C23H30N4O5. The fourth-order valence-corrected chi connectivity index (χ4v) is 2.85. The summed E-state index contributed by atoms with van der Waals surface area (Å²) in [6.07, 6.45) is 1.40. The minimum Gasteiger partial charge on any atom is -0.444 e. The van der Waals surface area contributed by atoms with Crippen LogP contribution in [0.3, 0.4) is 0 Å². The van der Waals surface area contributed by atoms with Gasteiger partial charge in [0, 0.05) is 26.3 Å². The molecule has 2 rings (SSSR count). The van der Waals surface area contributed by atoms with E-state index in [0.29, 0.717) is 19.5 Å². The maximum absolute atomic E-state index is 12.7. The first kappa shape index (κ1) is 24.6. The van der Waals surface area contributed by atoms with Crippen molar-refractivity contribution in [3.05, 3.63) is 69.6 Å². The molecule has 0 aliphatic heterocycles. The molecule has 1 aromatic heterocycles. The first-order chi connectivity index (χ1) is 15.1. The fourth-order valence-electron chi connectivity index (χ4n) is 2.85. The van der Waals surface area contributed by atoms with Crippen LogP contribution in [0.4, 0.5) is 4.79 Å².